The minimum Gasteiger partial charge on any atom is -0.493 e. The minimum absolute atomic E-state index is 0.325. The Bertz CT molecular complexity index is 833. The van der Waals surface area contributed by atoms with Crippen LogP contribution < -0.4 is 14.8 Å². The molecular formula is C21H23N3O2. The third-order valence-corrected chi connectivity index (χ3v) is 4.59. The Hall–Kier alpha value is -2.79. The highest BCUT2D eigenvalue weighted by Crippen LogP contribution is 2.31. The second kappa shape index (κ2) is 8.06. The van der Waals surface area contributed by atoms with Crippen LogP contribution in [-0.4, -0.2) is 22.8 Å². The Balaban J connectivity index is 1.33. The summed E-state index contributed by atoms with van der Waals surface area (Å²) in [6.07, 6.45) is 6.50. The van der Waals surface area contributed by atoms with Gasteiger partial charge in [0, 0.05) is 37.0 Å². The summed E-state index contributed by atoms with van der Waals surface area (Å²) >= 11 is 0. The predicted octanol–water partition coefficient (Wildman–Crippen LogP) is 3.58. The maximum Gasteiger partial charge on any atom is 0.124 e. The number of rotatable bonds is 7. The lowest BCUT2D eigenvalue weighted by atomic mass is 10.0. The minimum atomic E-state index is 0.325. The van der Waals surface area contributed by atoms with Crippen molar-refractivity contribution in [2.45, 2.75) is 25.6 Å². The van der Waals surface area contributed by atoms with Gasteiger partial charge in [-0.3, -0.25) is 0 Å². The first-order valence-electron chi connectivity index (χ1n) is 9.01. The van der Waals surface area contributed by atoms with Crippen LogP contribution in [0.2, 0.25) is 0 Å². The van der Waals surface area contributed by atoms with Crippen molar-refractivity contribution in [1.29, 1.82) is 0 Å². The summed E-state index contributed by atoms with van der Waals surface area (Å²) in [7, 11) is 0. The van der Waals surface area contributed by atoms with Crippen LogP contribution in [0.1, 0.15) is 23.6 Å². The lowest BCUT2D eigenvalue weighted by Crippen LogP contribution is -2.26. The summed E-state index contributed by atoms with van der Waals surface area (Å²) in [4.78, 5) is 4.04. The number of benzene rings is 2. The molecule has 134 valence electrons. The van der Waals surface area contributed by atoms with Gasteiger partial charge in [0.25, 0.3) is 0 Å². The number of fused-ring (bicyclic) bond motifs is 1. The lowest BCUT2D eigenvalue weighted by Gasteiger charge is -2.26. The molecule has 3 aromatic rings. The molecule has 0 amide bonds. The van der Waals surface area contributed by atoms with E-state index in [0.29, 0.717) is 12.6 Å². The smallest absolute Gasteiger partial charge is 0.124 e. The van der Waals surface area contributed by atoms with Crippen LogP contribution in [-0.2, 0) is 13.1 Å². The summed E-state index contributed by atoms with van der Waals surface area (Å²) in [5, 5.41) is 3.65. The molecule has 1 N–H and O–H groups in total. The first kappa shape index (κ1) is 16.7. The van der Waals surface area contributed by atoms with Crippen molar-refractivity contribution >= 4 is 0 Å². The summed E-state index contributed by atoms with van der Waals surface area (Å²) in [5.74, 6) is 1.89. The van der Waals surface area contributed by atoms with Crippen LogP contribution >= 0.6 is 0 Å². The normalized spacial score (nSPS) is 15.9. The van der Waals surface area contributed by atoms with Gasteiger partial charge in [-0.25, -0.2) is 4.98 Å². The average Bonchev–Trinajstić information content (AvgIpc) is 3.20. The number of hydrogen-bond donors (Lipinski definition) is 1. The number of nitrogens with zero attached hydrogens (tertiary/aromatic N) is 2. The molecule has 1 aromatic heterocycles. The van der Waals surface area contributed by atoms with E-state index in [0.717, 1.165) is 37.6 Å². The van der Waals surface area contributed by atoms with Gasteiger partial charge in [0.1, 0.15) is 18.1 Å². The molecule has 0 spiro atoms. The number of nitrogens with one attached hydrogen (secondary N) is 1. The summed E-state index contributed by atoms with van der Waals surface area (Å²) in [6.45, 7) is 2.98. The number of ether oxygens (including phenoxy) is 2. The van der Waals surface area contributed by atoms with E-state index in [2.05, 4.69) is 34.6 Å². The third kappa shape index (κ3) is 4.06. The maximum absolute atomic E-state index is 5.87. The Labute approximate surface area is 153 Å². The van der Waals surface area contributed by atoms with E-state index in [4.69, 9.17) is 9.47 Å². The Morgan fingerprint density at radius 1 is 1.19 bits per heavy atom. The van der Waals surface area contributed by atoms with Crippen molar-refractivity contribution in [3.05, 3.63) is 78.4 Å². The van der Waals surface area contributed by atoms with Crippen molar-refractivity contribution in [2.24, 2.45) is 0 Å². The molecule has 0 saturated heterocycles. The van der Waals surface area contributed by atoms with E-state index in [1.165, 1.54) is 11.1 Å². The summed E-state index contributed by atoms with van der Waals surface area (Å²) in [6, 6.07) is 16.9. The number of aromatic nitrogens is 2. The third-order valence-electron chi connectivity index (χ3n) is 4.59. The van der Waals surface area contributed by atoms with Crippen molar-refractivity contribution in [2.75, 3.05) is 13.2 Å². The summed E-state index contributed by atoms with van der Waals surface area (Å²) < 4.78 is 13.6. The molecule has 0 aliphatic carbocycles. The number of imidazole rings is 1. The van der Waals surface area contributed by atoms with Crippen LogP contribution in [0.4, 0.5) is 0 Å². The molecule has 0 radical (unpaired) electrons. The Kier molecular flexibility index (Phi) is 5.17. The van der Waals surface area contributed by atoms with Gasteiger partial charge in [-0.2, -0.15) is 0 Å². The molecule has 5 nitrogen and oxygen atoms in total. The van der Waals surface area contributed by atoms with Gasteiger partial charge in [-0.05, 0) is 23.8 Å². The second-order valence-corrected chi connectivity index (χ2v) is 6.40. The molecule has 2 aromatic carbocycles. The van der Waals surface area contributed by atoms with Crippen LogP contribution in [0.25, 0.3) is 0 Å². The molecule has 26 heavy (non-hydrogen) atoms. The van der Waals surface area contributed by atoms with Crippen LogP contribution in [0, 0.1) is 0 Å². The van der Waals surface area contributed by atoms with Crippen LogP contribution in [0.5, 0.6) is 11.5 Å². The van der Waals surface area contributed by atoms with Gasteiger partial charge < -0.3 is 19.4 Å². The van der Waals surface area contributed by atoms with E-state index >= 15 is 0 Å². The number of hydrogen-bond acceptors (Lipinski definition) is 4. The number of para-hydroxylation sites is 1. The van der Waals surface area contributed by atoms with Gasteiger partial charge >= 0.3 is 0 Å². The molecule has 1 aliphatic rings. The molecule has 0 saturated carbocycles. The van der Waals surface area contributed by atoms with Gasteiger partial charge in [-0.1, -0.05) is 30.3 Å². The van der Waals surface area contributed by atoms with Gasteiger partial charge in [0.05, 0.1) is 19.5 Å². The first-order chi connectivity index (χ1) is 12.9. The molecule has 0 bridgehead atoms. The first-order valence-corrected chi connectivity index (χ1v) is 9.01. The van der Waals surface area contributed by atoms with Crippen LogP contribution in [0.3, 0.4) is 0 Å². The monoisotopic (exact) mass is 349 g/mol. The SMILES string of the molecule is c1cc(CNC2CCOc3ccccc32)cc(OCCn2ccnc2)c1. The topological polar surface area (TPSA) is 48.3 Å². The van der Waals surface area contributed by atoms with Crippen molar-refractivity contribution in [3.8, 4) is 11.5 Å². The molecule has 1 aliphatic heterocycles. The van der Waals surface area contributed by atoms with E-state index in [1.54, 1.807) is 12.5 Å². The van der Waals surface area contributed by atoms with E-state index in [-0.39, 0.29) is 0 Å². The van der Waals surface area contributed by atoms with Crippen molar-refractivity contribution in [1.82, 2.24) is 14.9 Å². The molecule has 1 unspecified atom stereocenters. The predicted molar refractivity (Wildman–Crippen MR) is 100 cm³/mol. The average molecular weight is 349 g/mol. The zero-order valence-electron chi connectivity index (χ0n) is 14.7. The molecule has 2 heterocycles. The van der Waals surface area contributed by atoms with Gasteiger partial charge in [0.2, 0.25) is 0 Å². The summed E-state index contributed by atoms with van der Waals surface area (Å²) in [5.41, 5.74) is 2.46. The lowest BCUT2D eigenvalue weighted by molar-refractivity contribution is 0.252. The molecule has 5 heteroatoms. The fourth-order valence-corrected chi connectivity index (χ4v) is 3.23. The standard InChI is InChI=1S/C21H23N3O2/c1-2-7-21-19(6-1)20(8-12-26-21)23-15-17-4-3-5-18(14-17)25-13-11-24-10-9-22-16-24/h1-7,9-10,14,16,20,23H,8,11-13,15H2. The molecule has 1 atom stereocenters. The zero-order chi connectivity index (χ0) is 17.6. The second-order valence-electron chi connectivity index (χ2n) is 6.40. The zero-order valence-corrected chi connectivity index (χ0v) is 14.7. The van der Waals surface area contributed by atoms with Gasteiger partial charge in [-0.15, -0.1) is 0 Å². The maximum atomic E-state index is 5.87. The van der Waals surface area contributed by atoms with E-state index in [9.17, 15) is 0 Å². The highest BCUT2D eigenvalue weighted by molar-refractivity contribution is 5.37. The fourth-order valence-electron chi connectivity index (χ4n) is 3.23. The van der Waals surface area contributed by atoms with Crippen molar-refractivity contribution in [3.63, 3.8) is 0 Å². The van der Waals surface area contributed by atoms with E-state index < -0.39 is 0 Å². The highest BCUT2D eigenvalue weighted by Gasteiger charge is 2.20. The van der Waals surface area contributed by atoms with E-state index in [1.807, 2.05) is 35.0 Å². The van der Waals surface area contributed by atoms with Crippen molar-refractivity contribution < 1.29 is 9.47 Å². The molecular weight excluding hydrogens is 326 g/mol. The highest BCUT2D eigenvalue weighted by atomic mass is 16.5. The molecule has 4 rings (SSSR count). The fraction of sp³-hybridized carbons (Fsp3) is 0.286. The Morgan fingerprint density at radius 2 is 2.15 bits per heavy atom. The largest absolute Gasteiger partial charge is 0.493 e. The Morgan fingerprint density at radius 3 is 3.08 bits per heavy atom. The molecule has 0 fully saturated rings. The van der Waals surface area contributed by atoms with Crippen LogP contribution in [0.15, 0.2) is 67.3 Å². The quantitative estimate of drug-likeness (QED) is 0.708. The van der Waals surface area contributed by atoms with Gasteiger partial charge in [0.15, 0.2) is 0 Å².